The Morgan fingerprint density at radius 2 is 2.16 bits per heavy atom. The average Bonchev–Trinajstić information content (AvgIpc) is 2.36. The third-order valence-corrected chi connectivity index (χ3v) is 2.95. The molecule has 0 radical (unpaired) electrons. The zero-order valence-corrected chi connectivity index (χ0v) is 11.9. The molecule has 0 fully saturated rings. The monoisotopic (exact) mass is 283 g/mol. The van der Waals surface area contributed by atoms with Crippen molar-refractivity contribution in [2.24, 2.45) is 0 Å². The van der Waals surface area contributed by atoms with Gasteiger partial charge in [-0.3, -0.25) is 9.59 Å². The fourth-order valence-corrected chi connectivity index (χ4v) is 1.90. The summed E-state index contributed by atoms with van der Waals surface area (Å²) in [5, 5.41) is 2.42. The molecule has 0 aliphatic heterocycles. The number of amides is 1. The zero-order valence-electron chi connectivity index (χ0n) is 11.1. The van der Waals surface area contributed by atoms with E-state index >= 15 is 0 Å². The smallest absolute Gasteiger partial charge is 0.305 e. The molecule has 0 aliphatic carbocycles. The second-order valence-corrected chi connectivity index (χ2v) is 4.64. The van der Waals surface area contributed by atoms with E-state index < -0.39 is 0 Å². The Morgan fingerprint density at radius 3 is 2.79 bits per heavy atom. The zero-order chi connectivity index (χ0) is 14.3. The number of benzene rings is 1. The number of rotatable bonds is 6. The minimum absolute atomic E-state index is 0.130. The third-order valence-electron chi connectivity index (χ3n) is 2.48. The van der Waals surface area contributed by atoms with Crippen LogP contribution in [0.25, 0.3) is 0 Å². The van der Waals surface area contributed by atoms with Crippen LogP contribution >= 0.6 is 11.6 Å². The second-order valence-electron chi connectivity index (χ2n) is 4.12. The summed E-state index contributed by atoms with van der Waals surface area (Å²) < 4.78 is 4.85. The van der Waals surface area contributed by atoms with Crippen molar-refractivity contribution in [1.82, 2.24) is 0 Å². The molecule has 0 bridgehead atoms. The van der Waals surface area contributed by atoms with Gasteiger partial charge in [-0.1, -0.05) is 12.1 Å². The predicted octanol–water partition coefficient (Wildman–Crippen LogP) is 3.27. The number of ether oxygens (including phenoxy) is 1. The van der Waals surface area contributed by atoms with Gasteiger partial charge in [0.15, 0.2) is 0 Å². The van der Waals surface area contributed by atoms with Crippen molar-refractivity contribution in [1.29, 1.82) is 0 Å². The van der Waals surface area contributed by atoms with Crippen LogP contribution in [-0.4, -0.2) is 18.5 Å². The van der Waals surface area contributed by atoms with Crippen molar-refractivity contribution in [3.8, 4) is 0 Å². The van der Waals surface area contributed by atoms with Gasteiger partial charge in [-0.2, -0.15) is 0 Å². The molecule has 1 rings (SSSR count). The predicted molar refractivity (Wildman–Crippen MR) is 75.2 cm³/mol. The number of alkyl halides is 1. The molecule has 5 heteroatoms. The highest BCUT2D eigenvalue weighted by Crippen LogP contribution is 2.27. The molecule has 19 heavy (non-hydrogen) atoms. The molecule has 1 aromatic carbocycles. The highest BCUT2D eigenvalue weighted by Gasteiger charge is 2.12. The molecule has 1 unspecified atom stereocenters. The van der Waals surface area contributed by atoms with Crippen molar-refractivity contribution < 1.29 is 14.3 Å². The molecular weight excluding hydrogens is 266 g/mol. The Bertz CT molecular complexity index is 448. The van der Waals surface area contributed by atoms with E-state index in [1.54, 1.807) is 13.0 Å². The Morgan fingerprint density at radius 1 is 1.42 bits per heavy atom. The Balaban J connectivity index is 2.58. The normalized spacial score (nSPS) is 11.7. The maximum Gasteiger partial charge on any atom is 0.305 e. The average molecular weight is 284 g/mol. The first-order chi connectivity index (χ1) is 9.02. The number of hydrogen-bond acceptors (Lipinski definition) is 3. The van der Waals surface area contributed by atoms with Gasteiger partial charge in [0.25, 0.3) is 0 Å². The van der Waals surface area contributed by atoms with Crippen LogP contribution in [0.5, 0.6) is 0 Å². The molecule has 4 nitrogen and oxygen atoms in total. The van der Waals surface area contributed by atoms with Crippen LogP contribution in [0, 0.1) is 0 Å². The minimum atomic E-state index is -0.280. The van der Waals surface area contributed by atoms with Gasteiger partial charge < -0.3 is 10.1 Å². The minimum Gasteiger partial charge on any atom is -0.466 e. The first-order valence-electron chi connectivity index (χ1n) is 6.20. The summed E-state index contributed by atoms with van der Waals surface area (Å²) in [7, 11) is 0. The second kappa shape index (κ2) is 7.79. The lowest BCUT2D eigenvalue weighted by Crippen LogP contribution is -2.07. The first-order valence-corrected chi connectivity index (χ1v) is 6.63. The molecule has 0 spiro atoms. The fraction of sp³-hybridized carbons (Fsp3) is 0.429. The van der Waals surface area contributed by atoms with E-state index in [0.29, 0.717) is 18.7 Å². The lowest BCUT2D eigenvalue weighted by Gasteiger charge is -2.11. The van der Waals surface area contributed by atoms with E-state index in [9.17, 15) is 9.59 Å². The number of carbonyl (C=O) groups excluding carboxylic acids is 2. The highest BCUT2D eigenvalue weighted by atomic mass is 35.5. The molecular formula is C14H18ClNO3. The van der Waals surface area contributed by atoms with E-state index in [-0.39, 0.29) is 23.7 Å². The van der Waals surface area contributed by atoms with Gasteiger partial charge >= 0.3 is 5.97 Å². The lowest BCUT2D eigenvalue weighted by molar-refractivity contribution is -0.143. The van der Waals surface area contributed by atoms with Crippen molar-refractivity contribution in [2.75, 3.05) is 11.9 Å². The Hall–Kier alpha value is -1.55. The van der Waals surface area contributed by atoms with Gasteiger partial charge in [-0.25, -0.2) is 0 Å². The largest absolute Gasteiger partial charge is 0.466 e. The molecule has 0 aromatic heterocycles. The summed E-state index contributed by atoms with van der Waals surface area (Å²) in [5.74, 6) is -0.374. The first kappa shape index (κ1) is 15.5. The van der Waals surface area contributed by atoms with E-state index in [2.05, 4.69) is 5.32 Å². The van der Waals surface area contributed by atoms with Crippen molar-refractivity contribution >= 4 is 29.2 Å². The highest BCUT2D eigenvalue weighted by molar-refractivity contribution is 6.20. The summed E-state index contributed by atoms with van der Waals surface area (Å²) in [5.41, 5.74) is 1.57. The molecule has 1 aromatic rings. The number of carbonyl (C=O) groups is 2. The molecule has 0 saturated heterocycles. The summed E-state index contributed by atoms with van der Waals surface area (Å²) >= 11 is 6.24. The van der Waals surface area contributed by atoms with Crippen LogP contribution in [0.1, 0.15) is 37.6 Å². The number of halogens is 1. The van der Waals surface area contributed by atoms with Crippen LogP contribution in [0.2, 0.25) is 0 Å². The van der Waals surface area contributed by atoms with Crippen LogP contribution in [0.4, 0.5) is 5.69 Å². The quantitative estimate of drug-likeness (QED) is 0.644. The topological polar surface area (TPSA) is 55.4 Å². The summed E-state index contributed by atoms with van der Waals surface area (Å²) in [6.07, 6.45) is 0.788. The van der Waals surface area contributed by atoms with Crippen LogP contribution in [-0.2, 0) is 14.3 Å². The van der Waals surface area contributed by atoms with Gasteiger partial charge in [-0.15, -0.1) is 11.6 Å². The van der Waals surface area contributed by atoms with Gasteiger partial charge in [0.2, 0.25) is 5.91 Å². The van der Waals surface area contributed by atoms with Crippen LogP contribution < -0.4 is 5.32 Å². The van der Waals surface area contributed by atoms with Crippen LogP contribution in [0.15, 0.2) is 24.3 Å². The van der Waals surface area contributed by atoms with Gasteiger partial charge in [0.05, 0.1) is 12.0 Å². The maximum absolute atomic E-state index is 11.3. The van der Waals surface area contributed by atoms with E-state index in [1.165, 1.54) is 6.92 Å². The molecule has 0 saturated carbocycles. The fourth-order valence-electron chi connectivity index (χ4n) is 1.66. The lowest BCUT2D eigenvalue weighted by atomic mass is 10.1. The number of nitrogens with one attached hydrogen (secondary N) is 1. The molecule has 1 amide bonds. The van der Waals surface area contributed by atoms with Crippen LogP contribution in [0.3, 0.4) is 0 Å². The SMILES string of the molecule is CCOC(=O)CCC(Cl)c1cccc(NC(C)=O)c1. The third kappa shape index (κ3) is 5.75. The van der Waals surface area contributed by atoms with Gasteiger partial charge in [-0.05, 0) is 31.0 Å². The summed E-state index contributed by atoms with van der Waals surface area (Å²) in [4.78, 5) is 22.2. The molecule has 1 atom stereocenters. The number of esters is 1. The van der Waals surface area contributed by atoms with Crippen molar-refractivity contribution in [3.05, 3.63) is 29.8 Å². The Labute approximate surface area is 118 Å². The number of hydrogen-bond donors (Lipinski definition) is 1. The van der Waals surface area contributed by atoms with E-state index in [1.807, 2.05) is 18.2 Å². The molecule has 0 heterocycles. The van der Waals surface area contributed by atoms with E-state index in [0.717, 1.165) is 5.56 Å². The summed E-state index contributed by atoms with van der Waals surface area (Å²) in [6, 6.07) is 7.29. The number of anilines is 1. The van der Waals surface area contributed by atoms with E-state index in [4.69, 9.17) is 16.3 Å². The molecule has 104 valence electrons. The van der Waals surface area contributed by atoms with Crippen molar-refractivity contribution in [3.63, 3.8) is 0 Å². The molecule has 0 aliphatic rings. The standard InChI is InChI=1S/C14H18ClNO3/c1-3-19-14(18)8-7-13(15)11-5-4-6-12(9-11)16-10(2)17/h4-6,9,13H,3,7-8H2,1-2H3,(H,16,17). The Kier molecular flexibility index (Phi) is 6.36. The van der Waals surface area contributed by atoms with Gasteiger partial charge in [0, 0.05) is 19.0 Å². The summed E-state index contributed by atoms with van der Waals surface area (Å²) in [6.45, 7) is 3.60. The molecule has 1 N–H and O–H groups in total. The maximum atomic E-state index is 11.3. The van der Waals surface area contributed by atoms with Gasteiger partial charge in [0.1, 0.15) is 0 Å². The van der Waals surface area contributed by atoms with Crippen molar-refractivity contribution in [2.45, 2.75) is 32.1 Å².